The molecule has 0 saturated carbocycles. The second-order valence-corrected chi connectivity index (χ2v) is 14.2. The number of hydrogen-bond acceptors (Lipinski definition) is 2. The highest BCUT2D eigenvalue weighted by molar-refractivity contribution is 6.24. The fourth-order valence-electron chi connectivity index (χ4n) is 9.05. The lowest BCUT2D eigenvalue weighted by Crippen LogP contribution is -2.32. The molecule has 0 spiro atoms. The van der Waals surface area contributed by atoms with E-state index in [1.54, 1.807) is 6.08 Å². The molecule has 7 aromatic carbocycles. The Bertz CT molecular complexity index is 2980. The number of nitrogens with zero attached hydrogens (tertiary/aromatic N) is 4. The van der Waals surface area contributed by atoms with Gasteiger partial charge in [0.1, 0.15) is 5.82 Å². The number of imidazole rings is 1. The Balaban J connectivity index is 0.00000117. The van der Waals surface area contributed by atoms with Gasteiger partial charge in [0.25, 0.3) is 0 Å². The van der Waals surface area contributed by atoms with Gasteiger partial charge in [-0.15, -0.1) is 6.58 Å². The van der Waals surface area contributed by atoms with Crippen LogP contribution in [-0.4, -0.2) is 26.7 Å². The molecule has 4 nitrogen and oxygen atoms in total. The van der Waals surface area contributed by atoms with Crippen molar-refractivity contribution in [3.8, 4) is 22.8 Å². The van der Waals surface area contributed by atoms with E-state index in [4.69, 9.17) is 4.98 Å². The molecule has 1 aliphatic heterocycles. The van der Waals surface area contributed by atoms with Gasteiger partial charge in [0, 0.05) is 56.6 Å². The molecule has 3 heterocycles. The number of fused-ring (bicyclic) bond motifs is 12. The molecule has 0 N–H and O–H groups in total. The number of aromatic nitrogens is 3. The van der Waals surface area contributed by atoms with Gasteiger partial charge in [0.2, 0.25) is 0 Å². The van der Waals surface area contributed by atoms with E-state index in [-0.39, 0.29) is 0 Å². The van der Waals surface area contributed by atoms with Gasteiger partial charge in [-0.2, -0.15) is 0 Å². The molecule has 260 valence electrons. The van der Waals surface area contributed by atoms with Crippen LogP contribution in [0.3, 0.4) is 0 Å². The monoisotopic (exact) mass is 696 g/mol. The average Bonchev–Trinajstić information content (AvgIpc) is 3.89. The van der Waals surface area contributed by atoms with Gasteiger partial charge in [-0.25, -0.2) is 4.98 Å². The molecule has 2 aliphatic rings. The maximum absolute atomic E-state index is 5.46. The van der Waals surface area contributed by atoms with Crippen LogP contribution in [0, 0.1) is 0 Å². The molecular weight excluding hydrogens is 657 g/mol. The highest BCUT2D eigenvalue weighted by Gasteiger charge is 2.36. The maximum Gasteiger partial charge on any atom is 0.145 e. The number of rotatable bonds is 4. The molecule has 4 heteroatoms. The van der Waals surface area contributed by atoms with Crippen molar-refractivity contribution in [3.05, 3.63) is 182 Å². The molecule has 11 rings (SSSR count). The first-order valence-electron chi connectivity index (χ1n) is 18.9. The lowest BCUT2D eigenvalue weighted by molar-refractivity contribution is 0.688. The fourth-order valence-corrected chi connectivity index (χ4v) is 9.05. The number of allylic oxidation sites excluding steroid dienone is 3. The Morgan fingerprint density at radius 1 is 0.611 bits per heavy atom. The lowest BCUT2D eigenvalue weighted by Gasteiger charge is -2.27. The highest BCUT2D eigenvalue weighted by Crippen LogP contribution is 2.47. The van der Waals surface area contributed by atoms with Crippen LogP contribution in [0.2, 0.25) is 0 Å². The summed E-state index contributed by atoms with van der Waals surface area (Å²) in [6.45, 7) is 8.50. The number of anilines is 1. The van der Waals surface area contributed by atoms with Gasteiger partial charge in [-0.1, -0.05) is 134 Å². The Hall–Kier alpha value is -6.65. The van der Waals surface area contributed by atoms with Crippen LogP contribution in [0.5, 0.6) is 0 Å². The van der Waals surface area contributed by atoms with Crippen LogP contribution in [0.25, 0.3) is 77.1 Å². The minimum atomic E-state index is 0.348. The van der Waals surface area contributed by atoms with Crippen LogP contribution >= 0.6 is 0 Å². The van der Waals surface area contributed by atoms with Crippen molar-refractivity contribution in [2.45, 2.75) is 25.8 Å². The first-order valence-corrected chi connectivity index (χ1v) is 18.9. The van der Waals surface area contributed by atoms with Crippen molar-refractivity contribution in [3.63, 3.8) is 0 Å². The Kier molecular flexibility index (Phi) is 7.58. The summed E-state index contributed by atoms with van der Waals surface area (Å²) in [4.78, 5) is 8.03. The molecule has 0 bridgehead atoms. The normalized spacial score (nSPS) is 15.9. The maximum atomic E-state index is 5.46. The van der Waals surface area contributed by atoms with E-state index in [0.29, 0.717) is 12.0 Å². The van der Waals surface area contributed by atoms with E-state index < -0.39 is 0 Å². The van der Waals surface area contributed by atoms with Crippen molar-refractivity contribution < 1.29 is 0 Å². The van der Waals surface area contributed by atoms with E-state index in [9.17, 15) is 0 Å². The summed E-state index contributed by atoms with van der Waals surface area (Å²) in [6.07, 6.45) is 10.9. The number of hydrogen-bond donors (Lipinski definition) is 0. The quantitative estimate of drug-likeness (QED) is 0.135. The first kappa shape index (κ1) is 32.0. The van der Waals surface area contributed by atoms with E-state index >= 15 is 0 Å². The Morgan fingerprint density at radius 3 is 2.00 bits per heavy atom. The Morgan fingerprint density at radius 2 is 1.24 bits per heavy atom. The summed E-state index contributed by atoms with van der Waals surface area (Å²) < 4.78 is 4.85. The third kappa shape index (κ3) is 4.73. The SMILES string of the molecule is C=CC.CCN1c2cc3c4ccccc4n(-c4cccc(-n5c(-c6ccccc6)nc6c7ccccc7c7ccccc7c65)c4)c3cc2C2C=CC=CC21. The summed E-state index contributed by atoms with van der Waals surface area (Å²) in [5, 5.41) is 7.39. The molecule has 2 unspecified atom stereocenters. The summed E-state index contributed by atoms with van der Waals surface area (Å²) in [5.74, 6) is 1.29. The van der Waals surface area contributed by atoms with Gasteiger partial charge < -0.3 is 9.47 Å². The zero-order valence-corrected chi connectivity index (χ0v) is 30.5. The summed E-state index contributed by atoms with van der Waals surface area (Å²) in [7, 11) is 0. The van der Waals surface area contributed by atoms with Crippen molar-refractivity contribution in [1.29, 1.82) is 0 Å². The van der Waals surface area contributed by atoms with Crippen LogP contribution in [0.4, 0.5) is 5.69 Å². The van der Waals surface area contributed by atoms with Gasteiger partial charge >= 0.3 is 0 Å². The predicted octanol–water partition coefficient (Wildman–Crippen LogP) is 12.7. The molecular formula is C50H40N4. The van der Waals surface area contributed by atoms with Gasteiger partial charge in [-0.3, -0.25) is 4.57 Å². The number of benzene rings is 7. The number of likely N-dealkylation sites (N-methyl/N-ethyl adjacent to an activating group) is 1. The molecule has 2 atom stereocenters. The molecule has 1 aliphatic carbocycles. The topological polar surface area (TPSA) is 26.0 Å². The third-order valence-electron chi connectivity index (χ3n) is 11.2. The van der Waals surface area contributed by atoms with Crippen molar-refractivity contribution in [1.82, 2.24) is 14.1 Å². The largest absolute Gasteiger partial charge is 0.364 e. The third-order valence-corrected chi connectivity index (χ3v) is 11.2. The van der Waals surface area contributed by atoms with Crippen LogP contribution in [0.15, 0.2) is 176 Å². The molecule has 54 heavy (non-hydrogen) atoms. The summed E-state index contributed by atoms with van der Waals surface area (Å²) >= 11 is 0. The second kappa shape index (κ2) is 12.8. The average molecular weight is 697 g/mol. The molecule has 0 saturated heterocycles. The van der Waals surface area contributed by atoms with Crippen molar-refractivity contribution in [2.24, 2.45) is 0 Å². The fraction of sp³-hybridized carbons (Fsp3) is 0.100. The van der Waals surface area contributed by atoms with Gasteiger partial charge in [0.15, 0.2) is 0 Å². The van der Waals surface area contributed by atoms with Crippen molar-refractivity contribution in [2.75, 3.05) is 11.4 Å². The first-order chi connectivity index (χ1) is 26.7. The second-order valence-electron chi connectivity index (χ2n) is 14.2. The van der Waals surface area contributed by atoms with E-state index in [0.717, 1.165) is 40.3 Å². The molecule has 9 aromatic rings. The minimum absolute atomic E-state index is 0.348. The van der Waals surface area contributed by atoms with Crippen LogP contribution in [-0.2, 0) is 0 Å². The highest BCUT2D eigenvalue weighted by atomic mass is 15.2. The van der Waals surface area contributed by atoms with Gasteiger partial charge in [-0.05, 0) is 66.6 Å². The molecule has 0 radical (unpaired) electrons. The van der Waals surface area contributed by atoms with Crippen LogP contribution in [0.1, 0.15) is 25.3 Å². The minimum Gasteiger partial charge on any atom is -0.364 e. The molecule has 0 fully saturated rings. The summed E-state index contributed by atoms with van der Waals surface area (Å²) in [5.41, 5.74) is 10.6. The lowest BCUT2D eigenvalue weighted by atomic mass is 9.91. The zero-order chi connectivity index (χ0) is 36.3. The van der Waals surface area contributed by atoms with E-state index in [2.05, 4.69) is 191 Å². The smallest absolute Gasteiger partial charge is 0.145 e. The van der Waals surface area contributed by atoms with Gasteiger partial charge in [0.05, 0.1) is 28.1 Å². The van der Waals surface area contributed by atoms with E-state index in [1.807, 2.05) is 6.92 Å². The number of para-hydroxylation sites is 1. The molecule has 0 amide bonds. The predicted molar refractivity (Wildman–Crippen MR) is 230 cm³/mol. The Labute approximate surface area is 315 Å². The van der Waals surface area contributed by atoms with E-state index in [1.165, 1.54) is 54.6 Å². The zero-order valence-electron chi connectivity index (χ0n) is 30.5. The van der Waals surface area contributed by atoms with Crippen LogP contribution < -0.4 is 4.90 Å². The summed E-state index contributed by atoms with van der Waals surface area (Å²) in [6, 6.07) is 51.2. The molecule has 2 aromatic heterocycles. The van der Waals surface area contributed by atoms with Crippen molar-refractivity contribution >= 4 is 60.1 Å². The standard InChI is InChI=1S/C47H34N4.C3H6/c1-2-49-41-25-12-10-21-35(41)39-29-44-40(28-43(39)49)36-22-11-13-26-42(36)50(44)31-17-14-18-32(27-31)51-46-38-24-9-7-20-34(38)33-19-6-8-23-37(33)45(46)48-47(51)30-15-4-3-5-16-30;1-3-2/h3-29,35,41H,2H2,1H3;3H,1H2,2H3.